The van der Waals surface area contributed by atoms with Crippen molar-refractivity contribution in [1.29, 1.82) is 0 Å². The van der Waals surface area contributed by atoms with Gasteiger partial charge in [-0.2, -0.15) is 0 Å². The highest BCUT2D eigenvalue weighted by Crippen LogP contribution is 2.25. The van der Waals surface area contributed by atoms with E-state index < -0.39 is 0 Å². The fourth-order valence-corrected chi connectivity index (χ4v) is 2.53. The van der Waals surface area contributed by atoms with E-state index in [1.807, 2.05) is 6.07 Å². The Morgan fingerprint density at radius 2 is 2.40 bits per heavy atom. The van der Waals surface area contributed by atoms with E-state index in [1.165, 1.54) is 12.8 Å². The van der Waals surface area contributed by atoms with Crippen LogP contribution in [0, 0.1) is 0 Å². The lowest BCUT2D eigenvalue weighted by Crippen LogP contribution is -2.32. The molecule has 0 saturated heterocycles. The van der Waals surface area contributed by atoms with Crippen LogP contribution >= 0.6 is 15.9 Å². The second-order valence-electron chi connectivity index (χ2n) is 4.00. The molecule has 0 radical (unpaired) electrons. The van der Waals surface area contributed by atoms with Gasteiger partial charge in [-0.15, -0.1) is 0 Å². The van der Waals surface area contributed by atoms with Crippen LogP contribution in [0.2, 0.25) is 0 Å². The minimum absolute atomic E-state index is 0.269. The van der Waals surface area contributed by atoms with Crippen molar-refractivity contribution in [3.05, 3.63) is 34.7 Å². The number of allylic oxidation sites excluding steroid dienone is 1. The standard InChI is InChI=1S/C12H16BrNO/c1-9(12-11(13)7-8-15-12)14-10-5-3-2-4-6-10/h2-3,7-10,14H,4-6H2,1H3. The predicted octanol–water partition coefficient (Wildman–Crippen LogP) is 3.80. The second-order valence-corrected chi connectivity index (χ2v) is 4.86. The molecule has 1 aliphatic carbocycles. The molecule has 2 unspecified atom stereocenters. The van der Waals surface area contributed by atoms with Gasteiger partial charge in [-0.25, -0.2) is 0 Å². The first-order valence-electron chi connectivity index (χ1n) is 5.41. The third kappa shape index (κ3) is 2.73. The molecule has 0 fully saturated rings. The molecule has 0 aliphatic heterocycles. The Morgan fingerprint density at radius 1 is 1.53 bits per heavy atom. The van der Waals surface area contributed by atoms with E-state index in [2.05, 4.69) is 40.3 Å². The Morgan fingerprint density at radius 3 is 3.00 bits per heavy atom. The quantitative estimate of drug-likeness (QED) is 0.845. The van der Waals surface area contributed by atoms with Crippen LogP contribution in [0.25, 0.3) is 0 Å². The summed E-state index contributed by atoms with van der Waals surface area (Å²) < 4.78 is 6.49. The number of rotatable bonds is 3. The highest BCUT2D eigenvalue weighted by atomic mass is 79.9. The lowest BCUT2D eigenvalue weighted by atomic mass is 10.0. The lowest BCUT2D eigenvalue weighted by molar-refractivity contribution is 0.371. The van der Waals surface area contributed by atoms with Gasteiger partial charge in [0.1, 0.15) is 5.76 Å². The van der Waals surface area contributed by atoms with Crippen molar-refractivity contribution >= 4 is 15.9 Å². The fourth-order valence-electron chi connectivity index (χ4n) is 1.99. The highest BCUT2D eigenvalue weighted by Gasteiger charge is 2.17. The summed E-state index contributed by atoms with van der Waals surface area (Å²) in [5.74, 6) is 0.990. The van der Waals surface area contributed by atoms with Crippen LogP contribution in [0.1, 0.15) is 38.0 Å². The van der Waals surface area contributed by atoms with E-state index in [4.69, 9.17) is 4.42 Å². The topological polar surface area (TPSA) is 25.2 Å². The van der Waals surface area contributed by atoms with Gasteiger partial charge in [-0.05, 0) is 48.2 Å². The maximum atomic E-state index is 5.44. The molecule has 0 aromatic carbocycles. The monoisotopic (exact) mass is 269 g/mol. The molecule has 1 aliphatic rings. The van der Waals surface area contributed by atoms with Crippen molar-refractivity contribution in [3.8, 4) is 0 Å². The zero-order valence-electron chi connectivity index (χ0n) is 8.87. The number of halogens is 1. The number of hydrogen-bond acceptors (Lipinski definition) is 2. The zero-order valence-corrected chi connectivity index (χ0v) is 10.5. The van der Waals surface area contributed by atoms with E-state index in [-0.39, 0.29) is 6.04 Å². The summed E-state index contributed by atoms with van der Waals surface area (Å²) in [7, 11) is 0. The minimum Gasteiger partial charge on any atom is -0.466 e. The summed E-state index contributed by atoms with van der Waals surface area (Å²) in [6.45, 7) is 2.14. The second kappa shape index (κ2) is 4.99. The highest BCUT2D eigenvalue weighted by molar-refractivity contribution is 9.10. The van der Waals surface area contributed by atoms with Crippen LogP contribution in [0.15, 0.2) is 33.4 Å². The van der Waals surface area contributed by atoms with E-state index in [1.54, 1.807) is 6.26 Å². The van der Waals surface area contributed by atoms with Crippen molar-refractivity contribution in [2.24, 2.45) is 0 Å². The van der Waals surface area contributed by atoms with Crippen LogP contribution in [0.5, 0.6) is 0 Å². The van der Waals surface area contributed by atoms with Crippen LogP contribution in [0.4, 0.5) is 0 Å². The summed E-state index contributed by atoms with van der Waals surface area (Å²) in [5.41, 5.74) is 0. The van der Waals surface area contributed by atoms with Gasteiger partial charge >= 0.3 is 0 Å². The van der Waals surface area contributed by atoms with Gasteiger partial charge in [-0.3, -0.25) is 0 Å². The fraction of sp³-hybridized carbons (Fsp3) is 0.500. The largest absolute Gasteiger partial charge is 0.466 e. The Kier molecular flexibility index (Phi) is 3.65. The molecular weight excluding hydrogens is 254 g/mol. The van der Waals surface area contributed by atoms with E-state index >= 15 is 0 Å². The molecule has 0 amide bonds. The maximum absolute atomic E-state index is 5.44. The zero-order chi connectivity index (χ0) is 10.7. The van der Waals surface area contributed by atoms with Crippen molar-refractivity contribution < 1.29 is 4.42 Å². The first kappa shape index (κ1) is 11.0. The molecule has 2 nitrogen and oxygen atoms in total. The minimum atomic E-state index is 0.269. The molecule has 1 N–H and O–H groups in total. The van der Waals surface area contributed by atoms with Crippen molar-refractivity contribution in [2.45, 2.75) is 38.3 Å². The molecule has 3 heteroatoms. The molecule has 2 rings (SSSR count). The molecule has 82 valence electrons. The lowest BCUT2D eigenvalue weighted by Gasteiger charge is -2.23. The SMILES string of the molecule is CC(NC1CC=CCC1)c1occc1Br. The van der Waals surface area contributed by atoms with Gasteiger partial charge in [0.2, 0.25) is 0 Å². The molecular formula is C12H16BrNO. The molecule has 1 heterocycles. The van der Waals surface area contributed by atoms with Crippen LogP contribution in [-0.4, -0.2) is 6.04 Å². The first-order valence-corrected chi connectivity index (χ1v) is 6.20. The molecule has 0 saturated carbocycles. The summed E-state index contributed by atoms with van der Waals surface area (Å²) >= 11 is 3.48. The molecule has 1 aromatic heterocycles. The normalized spacial score (nSPS) is 22.9. The Hall–Kier alpha value is -0.540. The third-order valence-corrected chi connectivity index (χ3v) is 3.45. The van der Waals surface area contributed by atoms with Crippen molar-refractivity contribution in [2.75, 3.05) is 0 Å². The van der Waals surface area contributed by atoms with E-state index in [0.717, 1.165) is 16.7 Å². The Balaban J connectivity index is 1.94. The average molecular weight is 270 g/mol. The van der Waals surface area contributed by atoms with Crippen LogP contribution < -0.4 is 5.32 Å². The third-order valence-electron chi connectivity index (χ3n) is 2.79. The van der Waals surface area contributed by atoms with E-state index in [0.29, 0.717) is 6.04 Å². The van der Waals surface area contributed by atoms with Crippen molar-refractivity contribution in [1.82, 2.24) is 5.32 Å². The van der Waals surface area contributed by atoms with Gasteiger partial charge in [0, 0.05) is 6.04 Å². The van der Waals surface area contributed by atoms with E-state index in [9.17, 15) is 0 Å². The van der Waals surface area contributed by atoms with Gasteiger partial charge in [0.15, 0.2) is 0 Å². The molecule has 2 atom stereocenters. The summed E-state index contributed by atoms with van der Waals surface area (Å²) in [6.07, 6.45) is 9.76. The summed E-state index contributed by atoms with van der Waals surface area (Å²) in [4.78, 5) is 0. The van der Waals surface area contributed by atoms with Gasteiger partial charge < -0.3 is 9.73 Å². The molecule has 1 aromatic rings. The molecule has 15 heavy (non-hydrogen) atoms. The predicted molar refractivity (Wildman–Crippen MR) is 64.7 cm³/mol. The number of furan rings is 1. The van der Waals surface area contributed by atoms with Crippen LogP contribution in [0.3, 0.4) is 0 Å². The molecule has 0 spiro atoms. The maximum Gasteiger partial charge on any atom is 0.134 e. The van der Waals surface area contributed by atoms with Gasteiger partial charge in [0.25, 0.3) is 0 Å². The first-order chi connectivity index (χ1) is 7.27. The Bertz CT molecular complexity index is 345. The van der Waals surface area contributed by atoms with Crippen LogP contribution in [-0.2, 0) is 0 Å². The van der Waals surface area contributed by atoms with Crippen molar-refractivity contribution in [3.63, 3.8) is 0 Å². The van der Waals surface area contributed by atoms with Gasteiger partial charge in [-0.1, -0.05) is 12.2 Å². The van der Waals surface area contributed by atoms with Gasteiger partial charge in [0.05, 0.1) is 16.8 Å². The number of hydrogen-bond donors (Lipinski definition) is 1. The summed E-state index contributed by atoms with van der Waals surface area (Å²) in [5, 5.41) is 3.59. The Labute approximate surface area is 98.9 Å². The average Bonchev–Trinajstić information content (AvgIpc) is 2.66. The smallest absolute Gasteiger partial charge is 0.134 e. The number of nitrogens with one attached hydrogen (secondary N) is 1. The molecule has 0 bridgehead atoms. The summed E-state index contributed by atoms with van der Waals surface area (Å²) in [6, 6.07) is 2.79.